The molecule has 1 aromatic carbocycles. The van der Waals surface area contributed by atoms with Gasteiger partial charge in [-0.3, -0.25) is 13.9 Å². The molecule has 3 aromatic rings. The lowest BCUT2D eigenvalue weighted by molar-refractivity contribution is 0.433. The smallest absolute Gasteiger partial charge is 0.331 e. The van der Waals surface area contributed by atoms with Crippen LogP contribution in [-0.2, 0) is 13.6 Å². The minimum Gasteiger partial charge on any atom is -0.505 e. The number of aromatic hydroxyl groups is 1. The molecule has 23 heavy (non-hydrogen) atoms. The average Bonchev–Trinajstić information content (AvgIpc) is 2.99. The summed E-state index contributed by atoms with van der Waals surface area (Å²) in [6.45, 7) is 0.276. The van der Waals surface area contributed by atoms with Crippen LogP contribution in [0.3, 0.4) is 0 Å². The van der Waals surface area contributed by atoms with Crippen LogP contribution < -0.4 is 11.2 Å². The highest BCUT2D eigenvalue weighted by atomic mass is 32.1. The Kier molecular flexibility index (Phi) is 3.83. The molecule has 3 rings (SSSR count). The standard InChI is InChI=1S/C15H12FN3O3S/c1-18-13(21)4-5-19(15(18)22)8-10-7-17-14(23-10)9-2-3-11(16)12(20)6-9/h2-7,20H,8H2,1H3. The molecule has 0 atom stereocenters. The molecule has 118 valence electrons. The molecule has 1 N–H and O–H groups in total. The Balaban J connectivity index is 1.91. The molecule has 0 radical (unpaired) electrons. The third-order valence-corrected chi connectivity index (χ3v) is 4.36. The van der Waals surface area contributed by atoms with Gasteiger partial charge in [-0.25, -0.2) is 14.2 Å². The SMILES string of the molecule is Cn1c(=O)ccn(Cc2cnc(-c3ccc(F)c(O)c3)s2)c1=O. The zero-order valence-electron chi connectivity index (χ0n) is 12.1. The van der Waals surface area contributed by atoms with E-state index in [2.05, 4.69) is 4.98 Å². The monoisotopic (exact) mass is 333 g/mol. The summed E-state index contributed by atoms with van der Waals surface area (Å²) in [5, 5.41) is 10.0. The van der Waals surface area contributed by atoms with E-state index in [0.717, 1.165) is 9.44 Å². The fourth-order valence-corrected chi connectivity index (χ4v) is 2.97. The van der Waals surface area contributed by atoms with Crippen LogP contribution in [0, 0.1) is 5.82 Å². The van der Waals surface area contributed by atoms with Crippen molar-refractivity contribution < 1.29 is 9.50 Å². The van der Waals surface area contributed by atoms with Gasteiger partial charge in [-0.1, -0.05) is 0 Å². The first kappa shape index (κ1) is 15.2. The van der Waals surface area contributed by atoms with E-state index in [9.17, 15) is 19.1 Å². The van der Waals surface area contributed by atoms with Gasteiger partial charge >= 0.3 is 5.69 Å². The van der Waals surface area contributed by atoms with Crippen LogP contribution in [0.15, 0.2) is 46.2 Å². The third-order valence-electron chi connectivity index (χ3n) is 3.33. The lowest BCUT2D eigenvalue weighted by Crippen LogP contribution is -2.36. The van der Waals surface area contributed by atoms with Gasteiger partial charge in [-0.15, -0.1) is 11.3 Å². The summed E-state index contributed by atoms with van der Waals surface area (Å²) in [6.07, 6.45) is 3.05. The van der Waals surface area contributed by atoms with E-state index in [1.54, 1.807) is 6.20 Å². The summed E-state index contributed by atoms with van der Waals surface area (Å²) in [4.78, 5) is 28.4. The van der Waals surface area contributed by atoms with E-state index in [-0.39, 0.29) is 12.1 Å². The molecule has 0 aliphatic rings. The fraction of sp³-hybridized carbons (Fsp3) is 0.133. The second-order valence-corrected chi connectivity index (χ2v) is 6.04. The van der Waals surface area contributed by atoms with Crippen LogP contribution >= 0.6 is 11.3 Å². The predicted octanol–water partition coefficient (Wildman–Crippen LogP) is 1.56. The zero-order chi connectivity index (χ0) is 16.6. The van der Waals surface area contributed by atoms with E-state index in [1.165, 1.54) is 53.4 Å². The summed E-state index contributed by atoms with van der Waals surface area (Å²) in [5.74, 6) is -1.13. The van der Waals surface area contributed by atoms with Crippen LogP contribution in [0.2, 0.25) is 0 Å². The number of phenols is 1. The second-order valence-electron chi connectivity index (χ2n) is 4.92. The Bertz CT molecular complexity index is 990. The zero-order valence-corrected chi connectivity index (χ0v) is 12.9. The quantitative estimate of drug-likeness (QED) is 0.789. The number of aromatic nitrogens is 3. The molecule has 0 spiro atoms. The number of phenolic OH excluding ortho intramolecular Hbond substituents is 1. The molecule has 2 aromatic heterocycles. The lowest BCUT2D eigenvalue weighted by atomic mass is 10.2. The predicted molar refractivity (Wildman–Crippen MR) is 84.2 cm³/mol. The van der Waals surface area contributed by atoms with Gasteiger partial charge in [0.05, 0.1) is 6.54 Å². The number of thiazole rings is 1. The molecule has 0 saturated carbocycles. The van der Waals surface area contributed by atoms with Gasteiger partial charge in [0.1, 0.15) is 5.01 Å². The Morgan fingerprint density at radius 1 is 1.30 bits per heavy atom. The van der Waals surface area contributed by atoms with Gasteiger partial charge in [-0.2, -0.15) is 0 Å². The molecule has 0 saturated heterocycles. The van der Waals surface area contributed by atoms with E-state index in [4.69, 9.17) is 0 Å². The van der Waals surface area contributed by atoms with Crippen LogP contribution in [0.1, 0.15) is 4.88 Å². The first-order valence-electron chi connectivity index (χ1n) is 6.66. The maximum Gasteiger partial charge on any atom is 0.331 e. The number of benzene rings is 1. The minimum atomic E-state index is -0.692. The topological polar surface area (TPSA) is 77.1 Å². The number of hydrogen-bond acceptors (Lipinski definition) is 5. The molecule has 0 aliphatic carbocycles. The second kappa shape index (κ2) is 5.81. The number of nitrogens with zero attached hydrogens (tertiary/aromatic N) is 3. The van der Waals surface area contributed by atoms with Crippen molar-refractivity contribution >= 4 is 11.3 Å². The van der Waals surface area contributed by atoms with Gasteiger partial charge in [-0.05, 0) is 18.2 Å². The van der Waals surface area contributed by atoms with Crippen molar-refractivity contribution in [2.24, 2.45) is 7.05 Å². The van der Waals surface area contributed by atoms with Crippen molar-refractivity contribution in [1.29, 1.82) is 0 Å². The molecule has 8 heteroatoms. The molecule has 0 aliphatic heterocycles. The van der Waals surface area contributed by atoms with Gasteiger partial charge in [0.15, 0.2) is 11.6 Å². The molecule has 0 bridgehead atoms. The molecule has 0 amide bonds. The van der Waals surface area contributed by atoms with Crippen molar-refractivity contribution in [3.05, 3.63) is 68.2 Å². The van der Waals surface area contributed by atoms with Crippen LogP contribution in [-0.4, -0.2) is 19.2 Å². The van der Waals surface area contributed by atoms with Crippen molar-refractivity contribution in [3.63, 3.8) is 0 Å². The molecule has 2 heterocycles. The van der Waals surface area contributed by atoms with Gasteiger partial charge in [0.25, 0.3) is 5.56 Å². The highest BCUT2D eigenvalue weighted by Gasteiger charge is 2.09. The molecule has 0 unspecified atom stereocenters. The first-order valence-corrected chi connectivity index (χ1v) is 7.47. The highest BCUT2D eigenvalue weighted by molar-refractivity contribution is 7.15. The summed E-state index contributed by atoms with van der Waals surface area (Å²) in [7, 11) is 1.42. The van der Waals surface area contributed by atoms with Crippen molar-refractivity contribution in [1.82, 2.24) is 14.1 Å². The molecular weight excluding hydrogens is 321 g/mol. The molecule has 0 fully saturated rings. The third kappa shape index (κ3) is 2.93. The number of hydrogen-bond donors (Lipinski definition) is 1. The summed E-state index contributed by atoms with van der Waals surface area (Å²) in [6, 6.07) is 5.32. The summed E-state index contributed by atoms with van der Waals surface area (Å²) in [5.41, 5.74) is -0.183. The van der Waals surface area contributed by atoms with Crippen molar-refractivity contribution in [2.45, 2.75) is 6.54 Å². The van der Waals surface area contributed by atoms with E-state index in [1.807, 2.05) is 0 Å². The maximum absolute atomic E-state index is 13.1. The van der Waals surface area contributed by atoms with E-state index in [0.29, 0.717) is 10.6 Å². The van der Waals surface area contributed by atoms with Crippen LogP contribution in [0.25, 0.3) is 10.6 Å². The Morgan fingerprint density at radius 3 is 2.83 bits per heavy atom. The van der Waals surface area contributed by atoms with E-state index < -0.39 is 17.3 Å². The number of rotatable bonds is 3. The maximum atomic E-state index is 13.1. The largest absolute Gasteiger partial charge is 0.505 e. The Morgan fingerprint density at radius 2 is 2.09 bits per heavy atom. The first-order chi connectivity index (χ1) is 11.0. The Hall–Kier alpha value is -2.74. The van der Waals surface area contributed by atoms with Crippen molar-refractivity contribution in [3.8, 4) is 16.3 Å². The van der Waals surface area contributed by atoms with Gasteiger partial charge in [0.2, 0.25) is 0 Å². The summed E-state index contributed by atoms with van der Waals surface area (Å²) < 4.78 is 15.5. The molecular formula is C15H12FN3O3S. The number of halogens is 1. The van der Waals surface area contributed by atoms with Crippen molar-refractivity contribution in [2.75, 3.05) is 0 Å². The van der Waals surface area contributed by atoms with E-state index >= 15 is 0 Å². The van der Waals surface area contributed by atoms with Crippen LogP contribution in [0.4, 0.5) is 4.39 Å². The summed E-state index contributed by atoms with van der Waals surface area (Å²) >= 11 is 1.32. The highest BCUT2D eigenvalue weighted by Crippen LogP contribution is 2.29. The minimum absolute atomic E-state index is 0.276. The normalized spacial score (nSPS) is 10.9. The van der Waals surface area contributed by atoms with Gasteiger partial charge in [0, 0.05) is 35.9 Å². The van der Waals surface area contributed by atoms with Gasteiger partial charge < -0.3 is 5.11 Å². The fourth-order valence-electron chi connectivity index (χ4n) is 2.06. The Labute approximate surface area is 133 Å². The molecule has 6 nitrogen and oxygen atoms in total. The van der Waals surface area contributed by atoms with Crippen LogP contribution in [0.5, 0.6) is 5.75 Å². The average molecular weight is 333 g/mol. The lowest BCUT2D eigenvalue weighted by Gasteiger charge is -2.04.